The van der Waals surface area contributed by atoms with Crippen molar-refractivity contribution in [2.75, 3.05) is 20.3 Å². The van der Waals surface area contributed by atoms with Gasteiger partial charge < -0.3 is 9.47 Å². The zero-order chi connectivity index (χ0) is 15.3. The van der Waals surface area contributed by atoms with Crippen molar-refractivity contribution >= 4 is 19.6 Å². The highest BCUT2D eigenvalue weighted by Crippen LogP contribution is 2.19. The van der Waals surface area contributed by atoms with Gasteiger partial charge in [-0.3, -0.25) is 9.79 Å². The lowest BCUT2D eigenvalue weighted by atomic mass is 9.99. The average molecular weight is 297 g/mol. The summed E-state index contributed by atoms with van der Waals surface area (Å²) in [6.07, 6.45) is 1.56. The van der Waals surface area contributed by atoms with Gasteiger partial charge in [-0.1, -0.05) is 25.7 Å². The standard InChI is InChI=1S/C15H27NO3Si/c1-11-9-13(10-19-7-8-20(4,5)6)14(16-11)15(17)12(2)18-3/h9,12-13H,7-8,10H2,1-6H3/t12-,13?/m0/s1. The van der Waals surface area contributed by atoms with E-state index in [0.717, 1.165) is 18.3 Å². The molecule has 0 spiro atoms. The van der Waals surface area contributed by atoms with Crippen LogP contribution in [-0.2, 0) is 14.3 Å². The number of methoxy groups -OCH3 is 1. The maximum Gasteiger partial charge on any atom is 0.206 e. The van der Waals surface area contributed by atoms with Crippen LogP contribution >= 0.6 is 0 Å². The molecule has 20 heavy (non-hydrogen) atoms. The van der Waals surface area contributed by atoms with Crippen molar-refractivity contribution in [3.8, 4) is 0 Å². The van der Waals surface area contributed by atoms with Gasteiger partial charge >= 0.3 is 0 Å². The van der Waals surface area contributed by atoms with Crippen molar-refractivity contribution in [1.82, 2.24) is 0 Å². The van der Waals surface area contributed by atoms with E-state index < -0.39 is 14.2 Å². The smallest absolute Gasteiger partial charge is 0.206 e. The van der Waals surface area contributed by atoms with Crippen LogP contribution < -0.4 is 0 Å². The molecule has 5 heteroatoms. The molecule has 4 nitrogen and oxygen atoms in total. The molecule has 114 valence electrons. The van der Waals surface area contributed by atoms with Crippen LogP contribution in [0.25, 0.3) is 0 Å². The van der Waals surface area contributed by atoms with E-state index in [1.54, 1.807) is 6.92 Å². The van der Waals surface area contributed by atoms with Crippen LogP contribution in [0.1, 0.15) is 13.8 Å². The summed E-state index contributed by atoms with van der Waals surface area (Å²) in [7, 11) is 0.472. The number of ether oxygens (including phenoxy) is 2. The van der Waals surface area contributed by atoms with Crippen LogP contribution in [0, 0.1) is 5.92 Å². The Balaban J connectivity index is 2.52. The summed E-state index contributed by atoms with van der Waals surface area (Å²) in [5.74, 6) is -0.0684. The number of Topliss-reactive ketones (excluding diaryl/α,β-unsaturated/α-hetero) is 1. The maximum absolute atomic E-state index is 12.2. The minimum absolute atomic E-state index is 0.0262. The Bertz CT molecular complexity index is 410. The van der Waals surface area contributed by atoms with Gasteiger partial charge in [0.1, 0.15) is 6.10 Å². The minimum atomic E-state index is -1.07. The largest absolute Gasteiger partial charge is 0.381 e. The van der Waals surface area contributed by atoms with E-state index in [1.807, 2.05) is 13.0 Å². The molecule has 0 saturated heterocycles. The van der Waals surface area contributed by atoms with Crippen molar-refractivity contribution in [3.05, 3.63) is 11.8 Å². The summed E-state index contributed by atoms with van der Waals surface area (Å²) in [4.78, 5) is 16.5. The van der Waals surface area contributed by atoms with Crippen LogP contribution in [-0.4, -0.2) is 46.0 Å². The van der Waals surface area contributed by atoms with E-state index in [1.165, 1.54) is 7.11 Å². The van der Waals surface area contributed by atoms with Crippen LogP contribution in [0.4, 0.5) is 0 Å². The van der Waals surface area contributed by atoms with E-state index in [0.29, 0.717) is 12.3 Å². The Labute approximate surface area is 123 Å². The summed E-state index contributed by atoms with van der Waals surface area (Å²) in [5.41, 5.74) is 1.46. The molecular weight excluding hydrogens is 270 g/mol. The fourth-order valence-corrected chi connectivity index (χ4v) is 2.71. The number of hydrogen-bond donors (Lipinski definition) is 0. The molecule has 1 aliphatic rings. The first-order valence-corrected chi connectivity index (χ1v) is 10.9. The number of rotatable bonds is 8. The number of nitrogens with zero attached hydrogens (tertiary/aromatic N) is 1. The van der Waals surface area contributed by atoms with Crippen LogP contribution in [0.15, 0.2) is 16.8 Å². The first kappa shape index (κ1) is 17.3. The third-order valence-electron chi connectivity index (χ3n) is 3.36. The van der Waals surface area contributed by atoms with E-state index in [2.05, 4.69) is 24.6 Å². The highest BCUT2D eigenvalue weighted by Gasteiger charge is 2.29. The van der Waals surface area contributed by atoms with Crippen LogP contribution in [0.2, 0.25) is 25.7 Å². The molecule has 1 heterocycles. The molecule has 0 N–H and O–H groups in total. The fraction of sp³-hybridized carbons (Fsp3) is 0.733. The summed E-state index contributed by atoms with van der Waals surface area (Å²) >= 11 is 0. The summed E-state index contributed by atoms with van der Waals surface area (Å²) < 4.78 is 10.8. The predicted molar refractivity (Wildman–Crippen MR) is 85.1 cm³/mol. The maximum atomic E-state index is 12.2. The molecule has 0 aromatic carbocycles. The zero-order valence-electron chi connectivity index (χ0n) is 13.5. The van der Waals surface area contributed by atoms with Gasteiger partial charge in [-0.05, 0) is 19.9 Å². The lowest BCUT2D eigenvalue weighted by Gasteiger charge is -2.18. The van der Waals surface area contributed by atoms with E-state index in [9.17, 15) is 4.79 Å². The Morgan fingerprint density at radius 1 is 1.45 bits per heavy atom. The van der Waals surface area contributed by atoms with Crippen molar-refractivity contribution in [2.24, 2.45) is 10.9 Å². The summed E-state index contributed by atoms with van der Waals surface area (Å²) in [6, 6.07) is 1.14. The molecule has 0 amide bonds. The Morgan fingerprint density at radius 2 is 2.10 bits per heavy atom. The lowest BCUT2D eigenvalue weighted by Crippen LogP contribution is -2.33. The van der Waals surface area contributed by atoms with Crippen LogP contribution in [0.3, 0.4) is 0 Å². The van der Waals surface area contributed by atoms with Crippen molar-refractivity contribution in [1.29, 1.82) is 0 Å². The Kier molecular flexibility index (Phi) is 6.29. The van der Waals surface area contributed by atoms with Gasteiger partial charge in [0, 0.05) is 33.4 Å². The number of carbonyl (C=O) groups is 1. The van der Waals surface area contributed by atoms with E-state index >= 15 is 0 Å². The Morgan fingerprint density at radius 3 is 2.65 bits per heavy atom. The van der Waals surface area contributed by atoms with Gasteiger partial charge in [-0.2, -0.15) is 0 Å². The number of hydrogen-bond acceptors (Lipinski definition) is 4. The topological polar surface area (TPSA) is 47.9 Å². The predicted octanol–water partition coefficient (Wildman–Crippen LogP) is 2.92. The average Bonchev–Trinajstić information content (AvgIpc) is 2.73. The molecule has 1 rings (SSSR count). The van der Waals surface area contributed by atoms with Gasteiger partial charge in [0.2, 0.25) is 5.78 Å². The number of carbonyl (C=O) groups excluding carboxylic acids is 1. The lowest BCUT2D eigenvalue weighted by molar-refractivity contribution is -0.121. The number of ketones is 1. The fourth-order valence-electron chi connectivity index (χ4n) is 1.95. The normalized spacial score (nSPS) is 20.6. The summed E-state index contributed by atoms with van der Waals surface area (Å²) in [6.45, 7) is 11.9. The van der Waals surface area contributed by atoms with Crippen molar-refractivity contribution in [2.45, 2.75) is 45.6 Å². The number of aliphatic imine (C=N–C) groups is 1. The van der Waals surface area contributed by atoms with Gasteiger partial charge in [-0.15, -0.1) is 0 Å². The molecule has 2 atom stereocenters. The molecule has 0 bridgehead atoms. The number of allylic oxidation sites excluding steroid dienone is 1. The van der Waals surface area contributed by atoms with Crippen LogP contribution in [0.5, 0.6) is 0 Å². The second kappa shape index (κ2) is 7.29. The van der Waals surface area contributed by atoms with Gasteiger partial charge in [-0.25, -0.2) is 0 Å². The van der Waals surface area contributed by atoms with E-state index in [4.69, 9.17) is 9.47 Å². The third kappa shape index (κ3) is 5.30. The summed E-state index contributed by atoms with van der Waals surface area (Å²) in [5, 5.41) is 0. The van der Waals surface area contributed by atoms with Crippen molar-refractivity contribution < 1.29 is 14.3 Å². The first-order chi connectivity index (χ1) is 9.24. The monoisotopic (exact) mass is 297 g/mol. The molecule has 0 fully saturated rings. The molecule has 1 aliphatic heterocycles. The van der Waals surface area contributed by atoms with Gasteiger partial charge in [0.25, 0.3) is 0 Å². The molecule has 0 aliphatic carbocycles. The molecule has 0 saturated carbocycles. The van der Waals surface area contributed by atoms with Gasteiger partial charge in [0.15, 0.2) is 0 Å². The highest BCUT2D eigenvalue weighted by atomic mass is 28.3. The molecule has 0 aromatic rings. The second-order valence-electron chi connectivity index (χ2n) is 6.54. The molecule has 0 radical (unpaired) electrons. The minimum Gasteiger partial charge on any atom is -0.381 e. The Hall–Kier alpha value is -0.783. The first-order valence-electron chi connectivity index (χ1n) is 7.16. The third-order valence-corrected chi connectivity index (χ3v) is 5.06. The quantitative estimate of drug-likeness (QED) is 0.511. The highest BCUT2D eigenvalue weighted by molar-refractivity contribution is 6.76. The SMILES string of the molecule is CO[C@@H](C)C(=O)C1=NC(C)=CC1COCC[Si](C)(C)C. The molecule has 0 aromatic heterocycles. The zero-order valence-corrected chi connectivity index (χ0v) is 14.5. The molecule has 1 unspecified atom stereocenters. The van der Waals surface area contributed by atoms with Gasteiger partial charge in [0.05, 0.1) is 12.3 Å². The van der Waals surface area contributed by atoms with E-state index in [-0.39, 0.29) is 11.7 Å². The molecular formula is C15H27NO3Si. The van der Waals surface area contributed by atoms with Crippen molar-refractivity contribution in [3.63, 3.8) is 0 Å². The second-order valence-corrected chi connectivity index (χ2v) is 12.2.